The minimum absolute atomic E-state index is 0.160. The molecule has 0 saturated carbocycles. The van der Waals surface area contributed by atoms with E-state index in [2.05, 4.69) is 21.2 Å². The molecule has 7 nitrogen and oxygen atoms in total. The number of anilines is 1. The smallest absolute Gasteiger partial charge is 0.244 e. The van der Waals surface area contributed by atoms with Crippen LogP contribution in [-0.2, 0) is 32.6 Å². The van der Waals surface area contributed by atoms with Crippen molar-refractivity contribution < 1.29 is 18.0 Å². The topological polar surface area (TPSA) is 86.8 Å². The number of nitrogens with one attached hydrogen (secondary N) is 1. The average molecular weight is 601 g/mol. The summed E-state index contributed by atoms with van der Waals surface area (Å²) in [6, 6.07) is 23.2. The maximum atomic E-state index is 14.0. The molecule has 0 aliphatic carbocycles. The van der Waals surface area contributed by atoms with Crippen LogP contribution in [-0.4, -0.2) is 50.5 Å². The fraction of sp³-hybridized carbons (Fsp3) is 0.310. The quantitative estimate of drug-likeness (QED) is 0.327. The number of amides is 2. The van der Waals surface area contributed by atoms with Gasteiger partial charge >= 0.3 is 0 Å². The molecule has 0 saturated heterocycles. The lowest BCUT2D eigenvalue weighted by molar-refractivity contribution is -0.140. The molecule has 1 atom stereocenters. The predicted octanol–water partition coefficient (Wildman–Crippen LogP) is 4.69. The Morgan fingerprint density at radius 2 is 1.55 bits per heavy atom. The summed E-state index contributed by atoms with van der Waals surface area (Å²) >= 11 is 3.44. The largest absolute Gasteiger partial charge is 0.354 e. The van der Waals surface area contributed by atoms with E-state index in [0.717, 1.165) is 38.1 Å². The molecule has 3 aromatic carbocycles. The van der Waals surface area contributed by atoms with Crippen LogP contribution in [0.4, 0.5) is 5.69 Å². The summed E-state index contributed by atoms with van der Waals surface area (Å²) in [6.07, 6.45) is 2.13. The number of sulfonamides is 1. The van der Waals surface area contributed by atoms with Crippen LogP contribution >= 0.6 is 15.9 Å². The molecule has 38 heavy (non-hydrogen) atoms. The van der Waals surface area contributed by atoms with Crippen molar-refractivity contribution in [2.75, 3.05) is 23.7 Å². The van der Waals surface area contributed by atoms with Crippen molar-refractivity contribution in [3.05, 3.63) is 100 Å². The van der Waals surface area contributed by atoms with Crippen molar-refractivity contribution in [2.45, 2.75) is 39.3 Å². The first-order valence-electron chi connectivity index (χ1n) is 12.5. The van der Waals surface area contributed by atoms with E-state index in [1.807, 2.05) is 74.5 Å². The molecule has 1 unspecified atom stereocenters. The third-order valence-corrected chi connectivity index (χ3v) is 8.16. The van der Waals surface area contributed by atoms with E-state index in [1.165, 1.54) is 4.90 Å². The number of halogens is 1. The summed E-state index contributed by atoms with van der Waals surface area (Å²) in [5.41, 5.74) is 2.97. The Labute approximate surface area is 234 Å². The van der Waals surface area contributed by atoms with Gasteiger partial charge in [0.25, 0.3) is 0 Å². The van der Waals surface area contributed by atoms with Crippen LogP contribution in [0.15, 0.2) is 83.3 Å². The fourth-order valence-corrected chi connectivity index (χ4v) is 5.19. The van der Waals surface area contributed by atoms with Crippen LogP contribution in [0.3, 0.4) is 0 Å². The highest BCUT2D eigenvalue weighted by molar-refractivity contribution is 9.10. The lowest BCUT2D eigenvalue weighted by Gasteiger charge is -2.33. The Balaban J connectivity index is 2.03. The second-order valence-electron chi connectivity index (χ2n) is 9.21. The van der Waals surface area contributed by atoms with E-state index in [9.17, 15) is 18.0 Å². The SMILES string of the molecule is CCCNC(=O)C(Cc1ccccc1)N(Cc1ccccc1)C(=O)CN(c1ccc(Br)c(C)c1)S(C)(=O)=O. The molecule has 2 amide bonds. The van der Waals surface area contributed by atoms with Gasteiger partial charge in [-0.3, -0.25) is 13.9 Å². The Bertz CT molecular complexity index is 1330. The lowest BCUT2D eigenvalue weighted by atomic mass is 10.0. The first kappa shape index (κ1) is 29.4. The van der Waals surface area contributed by atoms with Gasteiger partial charge in [-0.1, -0.05) is 83.5 Å². The summed E-state index contributed by atoms with van der Waals surface area (Å²) in [4.78, 5) is 28.9. The van der Waals surface area contributed by atoms with Gasteiger partial charge in [-0.05, 0) is 48.2 Å². The number of rotatable bonds is 12. The van der Waals surface area contributed by atoms with Gasteiger partial charge in [0.15, 0.2) is 0 Å². The summed E-state index contributed by atoms with van der Waals surface area (Å²) in [5.74, 6) is -0.738. The molecule has 0 aliphatic heterocycles. The van der Waals surface area contributed by atoms with Gasteiger partial charge in [0.2, 0.25) is 21.8 Å². The third-order valence-electron chi connectivity index (χ3n) is 6.12. The number of nitrogens with zero attached hydrogens (tertiary/aromatic N) is 2. The van der Waals surface area contributed by atoms with Gasteiger partial charge < -0.3 is 10.2 Å². The monoisotopic (exact) mass is 599 g/mol. The molecule has 3 aromatic rings. The third kappa shape index (κ3) is 8.16. The molecule has 0 aromatic heterocycles. The maximum absolute atomic E-state index is 14.0. The van der Waals surface area contributed by atoms with Gasteiger partial charge in [0, 0.05) is 24.0 Å². The van der Waals surface area contributed by atoms with E-state index in [-0.39, 0.29) is 12.5 Å². The van der Waals surface area contributed by atoms with Gasteiger partial charge in [-0.25, -0.2) is 8.42 Å². The van der Waals surface area contributed by atoms with Crippen molar-refractivity contribution >= 4 is 43.5 Å². The molecule has 0 radical (unpaired) electrons. The molecule has 202 valence electrons. The van der Waals surface area contributed by atoms with Crippen LogP contribution in [0.2, 0.25) is 0 Å². The number of hydrogen-bond donors (Lipinski definition) is 1. The first-order valence-corrected chi connectivity index (χ1v) is 15.1. The van der Waals surface area contributed by atoms with E-state index >= 15 is 0 Å². The zero-order valence-corrected chi connectivity index (χ0v) is 24.3. The zero-order chi connectivity index (χ0) is 27.7. The molecule has 0 fully saturated rings. The van der Waals surface area contributed by atoms with Crippen molar-refractivity contribution in [2.24, 2.45) is 0 Å². The Kier molecular flexibility index (Phi) is 10.5. The Morgan fingerprint density at radius 1 is 0.947 bits per heavy atom. The van der Waals surface area contributed by atoms with Crippen LogP contribution in [0, 0.1) is 6.92 Å². The Morgan fingerprint density at radius 3 is 2.11 bits per heavy atom. The van der Waals surface area contributed by atoms with Gasteiger partial charge in [-0.2, -0.15) is 0 Å². The highest BCUT2D eigenvalue weighted by Crippen LogP contribution is 2.25. The van der Waals surface area contributed by atoms with E-state index in [0.29, 0.717) is 18.7 Å². The van der Waals surface area contributed by atoms with Crippen LogP contribution in [0.5, 0.6) is 0 Å². The number of aryl methyl sites for hydroxylation is 1. The first-order chi connectivity index (χ1) is 18.1. The molecular weight excluding hydrogens is 566 g/mol. The van der Waals surface area contributed by atoms with E-state index < -0.39 is 28.5 Å². The lowest BCUT2D eigenvalue weighted by Crippen LogP contribution is -2.53. The molecule has 0 aliphatic rings. The predicted molar refractivity (Wildman–Crippen MR) is 155 cm³/mol. The molecule has 3 rings (SSSR count). The zero-order valence-electron chi connectivity index (χ0n) is 21.9. The highest BCUT2D eigenvalue weighted by Gasteiger charge is 2.33. The number of hydrogen-bond acceptors (Lipinski definition) is 4. The average Bonchev–Trinajstić information content (AvgIpc) is 2.90. The van der Waals surface area contributed by atoms with Crippen molar-refractivity contribution in [3.8, 4) is 0 Å². The number of carbonyl (C=O) groups is 2. The summed E-state index contributed by atoms with van der Waals surface area (Å²) < 4.78 is 27.6. The second-order valence-corrected chi connectivity index (χ2v) is 12.0. The van der Waals surface area contributed by atoms with E-state index in [4.69, 9.17) is 0 Å². The van der Waals surface area contributed by atoms with Crippen molar-refractivity contribution in [3.63, 3.8) is 0 Å². The van der Waals surface area contributed by atoms with Crippen LogP contribution < -0.4 is 9.62 Å². The normalized spacial score (nSPS) is 12.0. The van der Waals surface area contributed by atoms with Crippen molar-refractivity contribution in [1.29, 1.82) is 0 Å². The van der Waals surface area contributed by atoms with Crippen LogP contribution in [0.1, 0.15) is 30.0 Å². The second kappa shape index (κ2) is 13.6. The van der Waals surface area contributed by atoms with Crippen molar-refractivity contribution in [1.82, 2.24) is 10.2 Å². The van der Waals surface area contributed by atoms with Crippen LogP contribution in [0.25, 0.3) is 0 Å². The minimum Gasteiger partial charge on any atom is -0.354 e. The fourth-order valence-electron chi connectivity index (χ4n) is 4.10. The highest BCUT2D eigenvalue weighted by atomic mass is 79.9. The van der Waals surface area contributed by atoms with E-state index in [1.54, 1.807) is 18.2 Å². The Hall–Kier alpha value is -3.17. The molecule has 0 heterocycles. The van der Waals surface area contributed by atoms with Gasteiger partial charge in [0.1, 0.15) is 12.6 Å². The number of carbonyl (C=O) groups excluding carboxylic acids is 2. The molecule has 0 spiro atoms. The van der Waals surface area contributed by atoms with Gasteiger partial charge in [0.05, 0.1) is 11.9 Å². The summed E-state index contributed by atoms with van der Waals surface area (Å²) in [5, 5.41) is 2.93. The summed E-state index contributed by atoms with van der Waals surface area (Å²) in [7, 11) is -3.80. The van der Waals surface area contributed by atoms with Gasteiger partial charge in [-0.15, -0.1) is 0 Å². The summed E-state index contributed by atoms with van der Waals surface area (Å²) in [6.45, 7) is 4.02. The molecule has 0 bridgehead atoms. The molecular formula is C29H34BrN3O4S. The standard InChI is InChI=1S/C29H34BrN3O4S/c1-4-17-31-29(35)27(19-23-11-7-5-8-12-23)32(20-24-13-9-6-10-14-24)28(34)21-33(38(3,36)37)25-15-16-26(30)22(2)18-25/h5-16,18,27H,4,17,19-21H2,1-3H3,(H,31,35). The molecule has 1 N–H and O–H groups in total. The minimum atomic E-state index is -3.80. The maximum Gasteiger partial charge on any atom is 0.244 e. The number of benzene rings is 3. The molecule has 9 heteroatoms.